The van der Waals surface area contributed by atoms with Crippen LogP contribution in [0.5, 0.6) is 5.75 Å². The summed E-state index contributed by atoms with van der Waals surface area (Å²) < 4.78 is 16.4. The molecule has 0 bridgehead atoms. The summed E-state index contributed by atoms with van der Waals surface area (Å²) in [7, 11) is 4.88. The van der Waals surface area contributed by atoms with Gasteiger partial charge in [-0.1, -0.05) is 6.92 Å². The van der Waals surface area contributed by atoms with E-state index in [1.165, 1.54) is 7.11 Å². The average molecular weight is 393 g/mol. The highest BCUT2D eigenvalue weighted by atomic mass is 16.5. The Morgan fingerprint density at radius 3 is 2.79 bits per heavy atom. The predicted molar refractivity (Wildman–Crippen MR) is 107 cm³/mol. The molecular weight excluding hydrogens is 362 g/mol. The Hall–Kier alpha value is -2.16. The van der Waals surface area contributed by atoms with Gasteiger partial charge in [0.2, 0.25) is 5.91 Å². The topological polar surface area (TPSA) is 89.1 Å². The first-order valence-corrected chi connectivity index (χ1v) is 9.43. The molecule has 1 aromatic carbocycles. The Labute approximate surface area is 166 Å². The molecule has 2 N–H and O–H groups in total. The lowest BCUT2D eigenvalue weighted by molar-refractivity contribution is -0.119. The summed E-state index contributed by atoms with van der Waals surface area (Å²) in [6.45, 7) is 5.70. The Balaban J connectivity index is 2.31. The molecule has 0 radical (unpaired) electrons. The number of anilines is 1. The van der Waals surface area contributed by atoms with E-state index in [0.717, 1.165) is 6.54 Å². The Bertz CT molecular complexity index is 682. The number of fused-ring (bicyclic) bond motifs is 1. The molecule has 156 valence electrons. The number of nitrogens with zero attached hydrogens (tertiary/aromatic N) is 1. The molecule has 1 aromatic rings. The second kappa shape index (κ2) is 10.4. The van der Waals surface area contributed by atoms with Crippen LogP contribution in [0.3, 0.4) is 0 Å². The normalized spacial score (nSPS) is 23.8. The van der Waals surface area contributed by atoms with Crippen LogP contribution in [-0.2, 0) is 14.3 Å². The standard InChI is InChI=1S/C20H31N3O5/c1-13-9-21-14(2)11-28-17-8-15(22-19(24)12-26-4)6-7-16(17)20(25)23(3)10-18(13)27-5/h6-8,13-14,18,21H,9-12H2,1-5H3,(H,22,24)/t13-,14+,18+/m1/s1. The third-order valence-corrected chi connectivity index (χ3v) is 4.79. The minimum atomic E-state index is -0.272. The van der Waals surface area contributed by atoms with Crippen molar-refractivity contribution in [2.75, 3.05) is 52.9 Å². The average Bonchev–Trinajstić information content (AvgIpc) is 2.67. The molecule has 0 saturated heterocycles. The second-order valence-electron chi connectivity index (χ2n) is 7.25. The van der Waals surface area contributed by atoms with E-state index in [0.29, 0.717) is 30.2 Å². The summed E-state index contributed by atoms with van der Waals surface area (Å²) in [4.78, 5) is 26.4. The van der Waals surface area contributed by atoms with Gasteiger partial charge in [-0.3, -0.25) is 9.59 Å². The van der Waals surface area contributed by atoms with Crippen LogP contribution in [0, 0.1) is 5.92 Å². The number of carbonyl (C=O) groups excluding carboxylic acids is 2. The van der Waals surface area contributed by atoms with E-state index in [1.807, 2.05) is 6.92 Å². The fourth-order valence-corrected chi connectivity index (χ4v) is 3.06. The molecule has 2 amide bonds. The minimum absolute atomic E-state index is 0.0445. The van der Waals surface area contributed by atoms with Gasteiger partial charge >= 0.3 is 0 Å². The van der Waals surface area contributed by atoms with Crippen molar-refractivity contribution in [3.05, 3.63) is 23.8 Å². The van der Waals surface area contributed by atoms with E-state index in [2.05, 4.69) is 17.6 Å². The first kappa shape index (κ1) is 22.1. The number of carbonyl (C=O) groups is 2. The number of hydrogen-bond donors (Lipinski definition) is 2. The van der Waals surface area contributed by atoms with Crippen molar-refractivity contribution in [2.24, 2.45) is 5.92 Å². The van der Waals surface area contributed by atoms with Gasteiger partial charge < -0.3 is 29.7 Å². The molecule has 28 heavy (non-hydrogen) atoms. The van der Waals surface area contributed by atoms with E-state index >= 15 is 0 Å². The van der Waals surface area contributed by atoms with Crippen LogP contribution in [0.15, 0.2) is 18.2 Å². The van der Waals surface area contributed by atoms with Crippen molar-refractivity contribution >= 4 is 17.5 Å². The van der Waals surface area contributed by atoms with Crippen LogP contribution < -0.4 is 15.4 Å². The van der Waals surface area contributed by atoms with Crippen molar-refractivity contribution in [2.45, 2.75) is 26.0 Å². The smallest absolute Gasteiger partial charge is 0.257 e. The van der Waals surface area contributed by atoms with Gasteiger partial charge in [-0.25, -0.2) is 0 Å². The van der Waals surface area contributed by atoms with Crippen LogP contribution >= 0.6 is 0 Å². The van der Waals surface area contributed by atoms with Gasteiger partial charge in [-0.2, -0.15) is 0 Å². The van der Waals surface area contributed by atoms with Crippen molar-refractivity contribution in [1.82, 2.24) is 10.2 Å². The molecule has 0 aromatic heterocycles. The monoisotopic (exact) mass is 393 g/mol. The quantitative estimate of drug-likeness (QED) is 0.803. The van der Waals surface area contributed by atoms with Gasteiger partial charge in [-0.05, 0) is 25.0 Å². The molecule has 0 saturated carbocycles. The summed E-state index contributed by atoms with van der Waals surface area (Å²) in [5.41, 5.74) is 0.995. The summed E-state index contributed by atoms with van der Waals surface area (Å²) >= 11 is 0. The Kier molecular flexibility index (Phi) is 8.22. The number of ether oxygens (including phenoxy) is 3. The molecule has 0 unspecified atom stereocenters. The highest BCUT2D eigenvalue weighted by Crippen LogP contribution is 2.26. The first-order valence-electron chi connectivity index (χ1n) is 9.43. The van der Waals surface area contributed by atoms with Crippen molar-refractivity contribution in [3.8, 4) is 5.75 Å². The molecule has 1 heterocycles. The summed E-state index contributed by atoms with van der Waals surface area (Å²) in [6.07, 6.45) is -0.0787. The molecule has 0 spiro atoms. The maximum absolute atomic E-state index is 13.0. The zero-order valence-electron chi connectivity index (χ0n) is 17.3. The Morgan fingerprint density at radius 1 is 1.36 bits per heavy atom. The number of nitrogens with one attached hydrogen (secondary N) is 2. The minimum Gasteiger partial charge on any atom is -0.491 e. The van der Waals surface area contributed by atoms with Crippen LogP contribution in [0.4, 0.5) is 5.69 Å². The highest BCUT2D eigenvalue weighted by Gasteiger charge is 2.25. The van der Waals surface area contributed by atoms with E-state index in [9.17, 15) is 9.59 Å². The predicted octanol–water partition coefficient (Wildman–Crippen LogP) is 1.37. The maximum Gasteiger partial charge on any atom is 0.257 e. The van der Waals surface area contributed by atoms with E-state index in [4.69, 9.17) is 14.2 Å². The van der Waals surface area contributed by atoms with Crippen LogP contribution in [0.1, 0.15) is 24.2 Å². The molecule has 0 aliphatic carbocycles. The van der Waals surface area contributed by atoms with Gasteiger partial charge in [0, 0.05) is 52.2 Å². The van der Waals surface area contributed by atoms with Crippen LogP contribution in [-0.4, -0.2) is 76.4 Å². The molecule has 8 nitrogen and oxygen atoms in total. The van der Waals surface area contributed by atoms with Crippen molar-refractivity contribution < 1.29 is 23.8 Å². The summed E-state index contributed by atoms with van der Waals surface area (Å²) in [5.74, 6) is 0.245. The molecular formula is C20H31N3O5. The first-order chi connectivity index (χ1) is 13.3. The number of likely N-dealkylation sites (N-methyl/N-ethyl adjacent to an activating group) is 1. The van der Waals surface area contributed by atoms with Gasteiger partial charge in [-0.15, -0.1) is 0 Å². The fourth-order valence-electron chi connectivity index (χ4n) is 3.06. The number of rotatable bonds is 4. The summed E-state index contributed by atoms with van der Waals surface area (Å²) in [6, 6.07) is 5.12. The summed E-state index contributed by atoms with van der Waals surface area (Å²) in [5, 5.41) is 6.17. The second-order valence-corrected chi connectivity index (χ2v) is 7.25. The molecule has 1 aliphatic rings. The Morgan fingerprint density at radius 2 is 2.11 bits per heavy atom. The maximum atomic E-state index is 13.0. The van der Waals surface area contributed by atoms with E-state index in [-0.39, 0.29) is 36.5 Å². The third-order valence-electron chi connectivity index (χ3n) is 4.79. The SMILES string of the molecule is COCC(=O)Nc1ccc2c(c1)OC[C@H](C)NC[C@@H](C)[C@@H](OC)CN(C)C2=O. The van der Waals surface area contributed by atoms with E-state index in [1.54, 1.807) is 37.3 Å². The number of hydrogen-bond acceptors (Lipinski definition) is 6. The zero-order chi connectivity index (χ0) is 20.7. The van der Waals surface area contributed by atoms with Crippen molar-refractivity contribution in [1.29, 1.82) is 0 Å². The largest absolute Gasteiger partial charge is 0.491 e. The molecule has 2 rings (SSSR count). The van der Waals surface area contributed by atoms with Gasteiger partial charge in [0.1, 0.15) is 19.0 Å². The lowest BCUT2D eigenvalue weighted by atomic mass is 10.0. The van der Waals surface area contributed by atoms with Gasteiger partial charge in [0.25, 0.3) is 5.91 Å². The van der Waals surface area contributed by atoms with E-state index < -0.39 is 0 Å². The van der Waals surface area contributed by atoms with Crippen LogP contribution in [0.25, 0.3) is 0 Å². The van der Waals surface area contributed by atoms with Crippen molar-refractivity contribution in [3.63, 3.8) is 0 Å². The number of benzene rings is 1. The number of amides is 2. The van der Waals surface area contributed by atoms with Gasteiger partial charge in [0.05, 0.1) is 11.7 Å². The zero-order valence-corrected chi connectivity index (χ0v) is 17.3. The molecule has 3 atom stereocenters. The molecule has 8 heteroatoms. The fraction of sp³-hybridized carbons (Fsp3) is 0.600. The lowest BCUT2D eigenvalue weighted by Gasteiger charge is -2.30. The third kappa shape index (κ3) is 5.92. The van der Waals surface area contributed by atoms with Gasteiger partial charge in [0.15, 0.2) is 0 Å². The molecule has 0 fully saturated rings. The molecule has 1 aliphatic heterocycles. The van der Waals surface area contributed by atoms with Crippen LogP contribution in [0.2, 0.25) is 0 Å². The lowest BCUT2D eigenvalue weighted by Crippen LogP contribution is -2.44. The highest BCUT2D eigenvalue weighted by molar-refractivity contribution is 5.98. The number of methoxy groups -OCH3 is 2.